The Labute approximate surface area is 143 Å². The van der Waals surface area contributed by atoms with Crippen molar-refractivity contribution in [2.24, 2.45) is 0 Å². The molecule has 2 aliphatic heterocycles. The van der Waals surface area contributed by atoms with Gasteiger partial charge in [-0.15, -0.1) is 11.8 Å². The van der Waals surface area contributed by atoms with Crippen LogP contribution in [0.1, 0.15) is 0 Å². The smallest absolute Gasteiger partial charge is 0.244 e. The maximum Gasteiger partial charge on any atom is 0.244 e. The van der Waals surface area contributed by atoms with Crippen LogP contribution in [0.15, 0.2) is 29.2 Å². The Morgan fingerprint density at radius 3 is 2.43 bits per heavy atom. The number of hydrogen-bond donors (Lipinski definition) is 0. The van der Waals surface area contributed by atoms with Crippen LogP contribution < -0.4 is 0 Å². The Kier molecular flexibility index (Phi) is 5.19. The number of hydrogen-bond acceptors (Lipinski definition) is 5. The van der Waals surface area contributed by atoms with Gasteiger partial charge < -0.3 is 4.90 Å². The van der Waals surface area contributed by atoms with Gasteiger partial charge in [0.05, 0.1) is 10.8 Å². The molecule has 23 heavy (non-hydrogen) atoms. The molecule has 5 nitrogen and oxygen atoms in total. The first-order valence-electron chi connectivity index (χ1n) is 7.22. The van der Waals surface area contributed by atoms with Crippen LogP contribution in [0.5, 0.6) is 0 Å². The van der Waals surface area contributed by atoms with Gasteiger partial charge in [0.15, 0.2) is 0 Å². The van der Waals surface area contributed by atoms with Crippen molar-refractivity contribution in [3.8, 4) is 0 Å². The number of carbonyl (C=O) groups excluding carboxylic acids is 1. The number of thioether (sulfide) groups is 2. The maximum atomic E-state index is 13.0. The molecule has 2 saturated heterocycles. The number of sulfonamides is 1. The summed E-state index contributed by atoms with van der Waals surface area (Å²) in [5, 5.41) is 0. The molecule has 1 atom stereocenters. The predicted octanol–water partition coefficient (Wildman–Crippen LogP) is 1.46. The third kappa shape index (κ3) is 3.52. The highest BCUT2D eigenvalue weighted by Gasteiger charge is 2.41. The van der Waals surface area contributed by atoms with Crippen molar-refractivity contribution >= 4 is 39.5 Å². The molecule has 1 aromatic carbocycles. The summed E-state index contributed by atoms with van der Waals surface area (Å²) in [6, 6.07) is 4.06. The van der Waals surface area contributed by atoms with Gasteiger partial charge in [0.1, 0.15) is 11.9 Å². The van der Waals surface area contributed by atoms with Gasteiger partial charge >= 0.3 is 0 Å². The van der Waals surface area contributed by atoms with Crippen LogP contribution >= 0.6 is 23.5 Å². The van der Waals surface area contributed by atoms with E-state index in [2.05, 4.69) is 0 Å². The van der Waals surface area contributed by atoms with Gasteiger partial charge in [0, 0.05) is 30.3 Å². The van der Waals surface area contributed by atoms with Crippen molar-refractivity contribution in [2.75, 3.05) is 36.2 Å². The Balaban J connectivity index is 1.82. The lowest BCUT2D eigenvalue weighted by Gasteiger charge is -2.31. The third-order valence-corrected chi connectivity index (χ3v) is 7.86. The van der Waals surface area contributed by atoms with Crippen LogP contribution in [0.4, 0.5) is 4.39 Å². The summed E-state index contributed by atoms with van der Waals surface area (Å²) in [5.41, 5.74) is 0. The van der Waals surface area contributed by atoms with Crippen LogP contribution in [0.2, 0.25) is 0 Å². The molecule has 3 rings (SSSR count). The molecule has 0 spiro atoms. The average molecular weight is 377 g/mol. The molecule has 9 heteroatoms. The first kappa shape index (κ1) is 17.1. The van der Waals surface area contributed by atoms with Crippen molar-refractivity contribution < 1.29 is 17.6 Å². The molecule has 0 unspecified atom stereocenters. The second kappa shape index (κ2) is 7.00. The lowest BCUT2D eigenvalue weighted by molar-refractivity contribution is -0.133. The minimum atomic E-state index is -3.80. The molecular formula is C14H17FN2O3S3. The Bertz CT molecular complexity index is 675. The molecule has 2 heterocycles. The van der Waals surface area contributed by atoms with Gasteiger partial charge in [0.2, 0.25) is 15.9 Å². The zero-order chi connectivity index (χ0) is 16.4. The molecule has 126 valence electrons. The summed E-state index contributed by atoms with van der Waals surface area (Å²) >= 11 is 3.22. The molecule has 0 bridgehead atoms. The fraction of sp³-hybridized carbons (Fsp3) is 0.500. The monoisotopic (exact) mass is 376 g/mol. The summed E-state index contributed by atoms with van der Waals surface area (Å²) in [6.45, 7) is 1.32. The summed E-state index contributed by atoms with van der Waals surface area (Å²) < 4.78 is 39.8. The maximum absolute atomic E-state index is 13.0. The normalized spacial score (nSPS) is 23.2. The van der Waals surface area contributed by atoms with E-state index in [0.717, 1.165) is 23.6 Å². The minimum Gasteiger partial charge on any atom is -0.340 e. The van der Waals surface area contributed by atoms with E-state index in [1.54, 1.807) is 16.7 Å². The van der Waals surface area contributed by atoms with Gasteiger partial charge in [-0.3, -0.25) is 4.79 Å². The largest absolute Gasteiger partial charge is 0.340 e. The van der Waals surface area contributed by atoms with Gasteiger partial charge in [0.25, 0.3) is 0 Å². The highest BCUT2D eigenvalue weighted by atomic mass is 32.2. The van der Waals surface area contributed by atoms with E-state index < -0.39 is 21.9 Å². The molecule has 0 saturated carbocycles. The van der Waals surface area contributed by atoms with Crippen LogP contribution in [-0.2, 0) is 14.8 Å². The van der Waals surface area contributed by atoms with Crippen molar-refractivity contribution in [1.82, 2.24) is 9.21 Å². The quantitative estimate of drug-likeness (QED) is 0.800. The van der Waals surface area contributed by atoms with E-state index >= 15 is 0 Å². The number of benzene rings is 1. The fourth-order valence-electron chi connectivity index (χ4n) is 2.60. The number of nitrogens with zero attached hydrogens (tertiary/aromatic N) is 2. The number of carbonyl (C=O) groups is 1. The first-order chi connectivity index (χ1) is 11.0. The van der Waals surface area contributed by atoms with Crippen molar-refractivity contribution in [2.45, 2.75) is 10.9 Å². The summed E-state index contributed by atoms with van der Waals surface area (Å²) in [6.07, 6.45) is 0. The molecule has 0 aromatic heterocycles. The van der Waals surface area contributed by atoms with Crippen molar-refractivity contribution in [3.05, 3.63) is 30.1 Å². The van der Waals surface area contributed by atoms with Crippen LogP contribution in [0, 0.1) is 5.82 Å². The fourth-order valence-corrected chi connectivity index (χ4v) is 6.63. The topological polar surface area (TPSA) is 57.7 Å². The summed E-state index contributed by atoms with van der Waals surface area (Å²) in [5.74, 6) is 1.87. The molecular weight excluding hydrogens is 359 g/mol. The van der Waals surface area contributed by atoms with Gasteiger partial charge in [-0.25, -0.2) is 12.8 Å². The number of amides is 1. The van der Waals surface area contributed by atoms with Crippen molar-refractivity contribution in [1.29, 1.82) is 0 Å². The first-order valence-corrected chi connectivity index (χ1v) is 11.0. The zero-order valence-corrected chi connectivity index (χ0v) is 14.8. The van der Waals surface area contributed by atoms with Crippen molar-refractivity contribution in [3.63, 3.8) is 0 Å². The van der Waals surface area contributed by atoms with E-state index in [1.165, 1.54) is 28.2 Å². The van der Waals surface area contributed by atoms with Gasteiger partial charge in [-0.2, -0.15) is 16.1 Å². The van der Waals surface area contributed by atoms with Crippen LogP contribution in [-0.4, -0.2) is 65.8 Å². The summed E-state index contributed by atoms with van der Waals surface area (Å²) in [7, 11) is -3.80. The van der Waals surface area contributed by atoms with Gasteiger partial charge in [-0.1, -0.05) is 0 Å². The summed E-state index contributed by atoms with van der Waals surface area (Å²) in [4.78, 5) is 14.5. The zero-order valence-electron chi connectivity index (χ0n) is 12.4. The molecule has 0 aliphatic carbocycles. The van der Waals surface area contributed by atoms with Crippen LogP contribution in [0.25, 0.3) is 0 Å². The Morgan fingerprint density at radius 1 is 1.13 bits per heavy atom. The van der Waals surface area contributed by atoms with Crippen LogP contribution in [0.3, 0.4) is 0 Å². The molecule has 1 aromatic rings. The third-order valence-electron chi connectivity index (χ3n) is 3.87. The second-order valence-corrected chi connectivity index (χ2v) is 9.41. The highest BCUT2D eigenvalue weighted by molar-refractivity contribution is 8.00. The number of halogens is 1. The van der Waals surface area contributed by atoms with E-state index in [0.29, 0.717) is 18.8 Å². The van der Waals surface area contributed by atoms with E-state index in [9.17, 15) is 17.6 Å². The molecule has 0 radical (unpaired) electrons. The van der Waals surface area contributed by atoms with E-state index in [1.807, 2.05) is 0 Å². The average Bonchev–Trinajstić information content (AvgIpc) is 3.06. The highest BCUT2D eigenvalue weighted by Crippen LogP contribution is 2.30. The lowest BCUT2D eigenvalue weighted by Crippen LogP contribution is -2.51. The number of rotatable bonds is 3. The molecule has 0 N–H and O–H groups in total. The SMILES string of the molecule is O=C([C@@H]1CSCN1S(=O)(=O)c1ccc(F)cc1)N1CCSCC1. The molecule has 2 aliphatic rings. The Morgan fingerprint density at radius 2 is 1.78 bits per heavy atom. The Hall–Kier alpha value is -0.770. The standard InChI is InChI=1S/C14H17FN2O3S3/c15-11-1-3-12(4-2-11)23(19,20)17-10-22-9-13(17)14(18)16-5-7-21-8-6-16/h1-4,13H,5-10H2/t13-/m0/s1. The molecule has 2 fully saturated rings. The second-order valence-electron chi connectivity index (χ2n) is 5.30. The van der Waals surface area contributed by atoms with E-state index in [-0.39, 0.29) is 16.7 Å². The molecule has 1 amide bonds. The predicted molar refractivity (Wildman–Crippen MR) is 90.4 cm³/mol. The van der Waals surface area contributed by atoms with E-state index in [4.69, 9.17) is 0 Å². The minimum absolute atomic E-state index is 0.0217. The lowest BCUT2D eigenvalue weighted by atomic mass is 10.3. The van der Waals surface area contributed by atoms with Gasteiger partial charge in [-0.05, 0) is 24.3 Å².